The Bertz CT molecular complexity index is 1360. The smallest absolute Gasteiger partial charge is 0.162 e. The van der Waals surface area contributed by atoms with Crippen LogP contribution < -0.4 is 18.9 Å². The predicted octanol–water partition coefficient (Wildman–Crippen LogP) is 4.04. The van der Waals surface area contributed by atoms with Gasteiger partial charge in [0, 0.05) is 34.6 Å². The number of nitrogens with zero attached hydrogens (tertiary/aromatic N) is 3. The molecule has 0 unspecified atom stereocenters. The fourth-order valence-corrected chi connectivity index (χ4v) is 4.48. The first kappa shape index (κ1) is 23.3. The number of phenols is 3. The van der Waals surface area contributed by atoms with Gasteiger partial charge in [-0.05, 0) is 35.4 Å². The van der Waals surface area contributed by atoms with Crippen molar-refractivity contribution in [2.24, 2.45) is 5.11 Å². The molecule has 4 N–H and O–H groups in total. The molecule has 5 rings (SSSR count). The lowest BCUT2D eigenvalue weighted by molar-refractivity contribution is 0.0156. The molecule has 0 amide bonds. The number of fused-ring (bicyclic) bond motifs is 2. The molecule has 0 aliphatic carbocycles. The highest BCUT2D eigenvalue weighted by Crippen LogP contribution is 2.46. The van der Waals surface area contributed by atoms with Gasteiger partial charge in [0.05, 0.1) is 19.8 Å². The van der Waals surface area contributed by atoms with Crippen LogP contribution in [-0.2, 0) is 6.42 Å². The van der Waals surface area contributed by atoms with Gasteiger partial charge in [-0.1, -0.05) is 17.2 Å². The lowest BCUT2D eigenvalue weighted by atomic mass is 9.93. The molecule has 0 radical (unpaired) electrons. The Morgan fingerprint density at radius 3 is 2.44 bits per heavy atom. The van der Waals surface area contributed by atoms with Crippen molar-refractivity contribution in [3.05, 3.63) is 75.7 Å². The summed E-state index contributed by atoms with van der Waals surface area (Å²) >= 11 is 0. The second-order valence-electron chi connectivity index (χ2n) is 8.50. The molecule has 11 nitrogen and oxygen atoms in total. The molecule has 0 saturated carbocycles. The van der Waals surface area contributed by atoms with E-state index in [0.29, 0.717) is 28.2 Å². The van der Waals surface area contributed by atoms with Crippen LogP contribution in [0.3, 0.4) is 0 Å². The van der Waals surface area contributed by atoms with E-state index < -0.39 is 24.4 Å². The molecule has 0 fully saturated rings. The van der Waals surface area contributed by atoms with Crippen molar-refractivity contribution in [2.75, 3.05) is 13.7 Å². The number of aliphatic hydroxyl groups is 1. The van der Waals surface area contributed by atoms with Crippen LogP contribution in [0.1, 0.15) is 28.9 Å². The van der Waals surface area contributed by atoms with E-state index in [0.717, 1.165) is 0 Å². The van der Waals surface area contributed by atoms with Crippen molar-refractivity contribution in [1.29, 1.82) is 0 Å². The summed E-state index contributed by atoms with van der Waals surface area (Å²) in [7, 11) is 1.43. The van der Waals surface area contributed by atoms with E-state index in [-0.39, 0.29) is 41.7 Å². The molecule has 0 spiro atoms. The maximum Gasteiger partial charge on any atom is 0.162 e. The molecule has 36 heavy (non-hydrogen) atoms. The van der Waals surface area contributed by atoms with Gasteiger partial charge in [0.1, 0.15) is 29.5 Å². The molecule has 0 aromatic heterocycles. The first-order valence-electron chi connectivity index (χ1n) is 11.1. The SMILES string of the molecule is COc1cc([C@H]2Oc3cc([C@H]4Oc5cc(O)cc(O)c5C[C@@H]4O)ccc3O[C@@H]2CN=[N+]=[N-])ccc1O. The topological polar surface area (TPSA) is 167 Å². The number of aromatic hydroxyl groups is 3. The number of aliphatic hydroxyl groups excluding tert-OH is 1. The number of phenolic OH excluding ortho intramolecular Hbond substituents is 3. The highest BCUT2D eigenvalue weighted by Gasteiger charge is 2.36. The number of hydrogen-bond donors (Lipinski definition) is 4. The van der Waals surface area contributed by atoms with Crippen LogP contribution in [0.4, 0.5) is 0 Å². The number of methoxy groups -OCH3 is 1. The molecule has 11 heteroatoms. The molecular weight excluding hydrogens is 470 g/mol. The van der Waals surface area contributed by atoms with Gasteiger partial charge in [-0.25, -0.2) is 0 Å². The van der Waals surface area contributed by atoms with E-state index in [2.05, 4.69) is 10.0 Å². The second-order valence-corrected chi connectivity index (χ2v) is 8.50. The van der Waals surface area contributed by atoms with Crippen LogP contribution in [0.15, 0.2) is 53.6 Å². The third kappa shape index (κ3) is 4.21. The molecule has 4 atom stereocenters. The molecule has 3 aromatic carbocycles. The first-order valence-corrected chi connectivity index (χ1v) is 11.1. The van der Waals surface area contributed by atoms with Crippen LogP contribution in [-0.4, -0.2) is 46.3 Å². The van der Waals surface area contributed by atoms with Crippen LogP contribution in [0.2, 0.25) is 0 Å². The van der Waals surface area contributed by atoms with Crippen LogP contribution >= 0.6 is 0 Å². The summed E-state index contributed by atoms with van der Waals surface area (Å²) < 4.78 is 23.5. The van der Waals surface area contributed by atoms with E-state index >= 15 is 0 Å². The fourth-order valence-electron chi connectivity index (χ4n) is 4.48. The Balaban J connectivity index is 1.48. The largest absolute Gasteiger partial charge is 0.508 e. The minimum atomic E-state index is -0.967. The molecule has 2 heterocycles. The quantitative estimate of drug-likeness (QED) is 0.235. The van der Waals surface area contributed by atoms with E-state index in [4.69, 9.17) is 24.5 Å². The summed E-state index contributed by atoms with van der Waals surface area (Å²) in [4.78, 5) is 2.82. The summed E-state index contributed by atoms with van der Waals surface area (Å²) in [5, 5.41) is 44.3. The van der Waals surface area contributed by atoms with Gasteiger partial charge in [0.25, 0.3) is 0 Å². The summed E-state index contributed by atoms with van der Waals surface area (Å²) in [6.07, 6.45) is -2.97. The number of hydrogen-bond acceptors (Lipinski definition) is 9. The van der Waals surface area contributed by atoms with Gasteiger partial charge in [0.15, 0.2) is 29.1 Å². The Morgan fingerprint density at radius 1 is 0.917 bits per heavy atom. The van der Waals surface area contributed by atoms with Gasteiger partial charge < -0.3 is 39.4 Å². The molecule has 3 aromatic rings. The molecule has 0 saturated heterocycles. The van der Waals surface area contributed by atoms with Crippen LogP contribution in [0.25, 0.3) is 10.4 Å². The molecule has 0 bridgehead atoms. The third-order valence-electron chi connectivity index (χ3n) is 6.21. The molecule has 186 valence electrons. The van der Waals surface area contributed by atoms with Gasteiger partial charge in [-0.3, -0.25) is 0 Å². The zero-order valence-corrected chi connectivity index (χ0v) is 19.1. The standard InChI is InChI=1S/C25H23N3O8/c1-33-21-6-13(2-4-16(21)30)25-23(11-27-28-26)34-19-5-3-12(7-22(19)36-25)24-18(32)10-15-17(31)8-14(29)9-20(15)35-24/h2-9,18,23-25,29-32H,10-11H2,1H3/t18-,23+,24+,25+/m0/s1. The van der Waals surface area contributed by atoms with Crippen molar-refractivity contribution in [3.8, 4) is 40.2 Å². The number of azide groups is 1. The number of ether oxygens (including phenoxy) is 4. The summed E-state index contributed by atoms with van der Waals surface area (Å²) in [6.45, 7) is -0.000228. The Labute approximate surface area is 205 Å². The van der Waals surface area contributed by atoms with Crippen molar-refractivity contribution in [1.82, 2.24) is 0 Å². The number of rotatable bonds is 5. The summed E-state index contributed by atoms with van der Waals surface area (Å²) in [5.74, 6) is 0.989. The Hall–Kier alpha value is -4.47. The van der Waals surface area contributed by atoms with Crippen molar-refractivity contribution < 1.29 is 39.4 Å². The second kappa shape index (κ2) is 9.29. The average Bonchev–Trinajstić information content (AvgIpc) is 2.87. The van der Waals surface area contributed by atoms with Gasteiger partial charge in [0.2, 0.25) is 0 Å². The van der Waals surface area contributed by atoms with Crippen molar-refractivity contribution in [3.63, 3.8) is 0 Å². The minimum Gasteiger partial charge on any atom is -0.508 e. The predicted molar refractivity (Wildman–Crippen MR) is 126 cm³/mol. The fraction of sp³-hybridized carbons (Fsp3) is 0.280. The Kier molecular flexibility index (Phi) is 6.01. The van der Waals surface area contributed by atoms with Crippen molar-refractivity contribution in [2.45, 2.75) is 30.8 Å². The summed E-state index contributed by atoms with van der Waals surface area (Å²) in [6, 6.07) is 12.4. The first-order chi connectivity index (χ1) is 17.4. The molecule has 2 aliphatic heterocycles. The van der Waals surface area contributed by atoms with Crippen LogP contribution in [0, 0.1) is 0 Å². The highest BCUT2D eigenvalue weighted by molar-refractivity contribution is 5.53. The minimum absolute atomic E-state index is 0.000228. The van der Waals surface area contributed by atoms with Gasteiger partial charge >= 0.3 is 0 Å². The summed E-state index contributed by atoms with van der Waals surface area (Å²) in [5.41, 5.74) is 10.5. The van der Waals surface area contributed by atoms with Gasteiger partial charge in [-0.15, -0.1) is 0 Å². The number of benzene rings is 3. The van der Waals surface area contributed by atoms with E-state index in [1.165, 1.54) is 25.3 Å². The third-order valence-corrected chi connectivity index (χ3v) is 6.21. The Morgan fingerprint density at radius 2 is 1.67 bits per heavy atom. The van der Waals surface area contributed by atoms with E-state index in [1.54, 1.807) is 30.3 Å². The lowest BCUT2D eigenvalue weighted by Crippen LogP contribution is -2.36. The normalized spacial score (nSPS) is 22.1. The van der Waals surface area contributed by atoms with Gasteiger partial charge in [-0.2, -0.15) is 0 Å². The van der Waals surface area contributed by atoms with E-state index in [1.807, 2.05) is 0 Å². The maximum atomic E-state index is 10.8. The van der Waals surface area contributed by atoms with Crippen LogP contribution in [0.5, 0.6) is 40.2 Å². The molecule has 2 aliphatic rings. The van der Waals surface area contributed by atoms with E-state index in [9.17, 15) is 20.4 Å². The zero-order chi connectivity index (χ0) is 25.4. The lowest BCUT2D eigenvalue weighted by Gasteiger charge is -2.35. The average molecular weight is 493 g/mol. The van der Waals surface area contributed by atoms with Crippen molar-refractivity contribution >= 4 is 0 Å². The highest BCUT2D eigenvalue weighted by atomic mass is 16.6. The monoisotopic (exact) mass is 493 g/mol. The maximum absolute atomic E-state index is 10.8. The molecular formula is C25H23N3O8. The zero-order valence-electron chi connectivity index (χ0n) is 19.1.